The number of ether oxygens (including phenoxy) is 2. The molecule has 394 valence electrons. The Morgan fingerprint density at radius 2 is 1.46 bits per heavy atom. The zero-order valence-corrected chi connectivity index (χ0v) is 43.5. The van der Waals surface area contributed by atoms with Crippen LogP contribution >= 0.6 is 11.8 Å². The lowest BCUT2D eigenvalue weighted by molar-refractivity contribution is -0.137. The lowest BCUT2D eigenvalue weighted by Crippen LogP contribution is -2.45. The van der Waals surface area contributed by atoms with Crippen molar-refractivity contribution >= 4 is 41.3 Å². The third kappa shape index (κ3) is 22.9. The summed E-state index contributed by atoms with van der Waals surface area (Å²) in [6.45, 7) is 17.1. The number of unbranched alkanes of at least 4 members (excludes halogenated alkanes) is 2. The topological polar surface area (TPSA) is 151 Å². The maximum absolute atomic E-state index is 15.2. The molecule has 0 spiro atoms. The molecule has 3 heterocycles. The summed E-state index contributed by atoms with van der Waals surface area (Å²) in [5.74, 6) is -3.50. The van der Waals surface area contributed by atoms with Crippen molar-refractivity contribution in [3.8, 4) is 11.1 Å². The minimum atomic E-state index is -2.50. The third-order valence-electron chi connectivity index (χ3n) is 11.1. The first-order valence-electron chi connectivity index (χ1n) is 24.7. The van der Waals surface area contributed by atoms with Gasteiger partial charge in [-0.05, 0) is 87.4 Å². The molecule has 5 amide bonds. The molecule has 2 aliphatic rings. The first kappa shape index (κ1) is 60.3. The molecule has 2 aliphatic heterocycles. The summed E-state index contributed by atoms with van der Waals surface area (Å²) < 4.78 is 64.8. The van der Waals surface area contributed by atoms with Crippen LogP contribution in [0.1, 0.15) is 104 Å². The fourth-order valence-corrected chi connectivity index (χ4v) is 8.74. The molecule has 13 nitrogen and oxygen atoms in total. The minimum Gasteiger partial charge on any atom is -0.377 e. The summed E-state index contributed by atoms with van der Waals surface area (Å²) in [5, 5.41) is 9.09. The number of halogens is 4. The van der Waals surface area contributed by atoms with Crippen molar-refractivity contribution in [3.63, 3.8) is 0 Å². The van der Waals surface area contributed by atoms with Crippen molar-refractivity contribution in [2.75, 3.05) is 77.2 Å². The van der Waals surface area contributed by atoms with Crippen LogP contribution in [-0.2, 0) is 40.0 Å². The zero-order valence-electron chi connectivity index (χ0n) is 42.6. The Labute approximate surface area is 422 Å². The standard InChI is InChI=1S/C48H64F2N6O7S.C3H6F2.C2H6/c1-48(2,3)47(41-28-37(39-29-38(49)13-14-40(39)50)33-54(41)31-35-10-6-4-7-11-35)56(32-36-17-19-51-30-36)46(61)34-64-27-18-43(58)53-21-24-63-26-25-62-23-20-52-42(57)12-8-5-9-22-55-44(59)15-16-45(55)60;1-3(2,4)5;1-2/h4,6-7,10-11,13-16,28-29,33,36,47,51H,5,8-9,12,17-27,30-32,34H2,1-3H3,(H,52,57)(H,53,58);1-2H3;1-2H3. The van der Waals surface area contributed by atoms with E-state index in [1.807, 2.05) is 61.3 Å². The van der Waals surface area contributed by atoms with Crippen LogP contribution in [0, 0.1) is 23.0 Å². The van der Waals surface area contributed by atoms with E-state index in [1.54, 1.807) is 0 Å². The molecule has 2 atom stereocenters. The number of benzene rings is 2. The molecule has 0 saturated carbocycles. The highest BCUT2D eigenvalue weighted by Crippen LogP contribution is 2.42. The predicted octanol–water partition coefficient (Wildman–Crippen LogP) is 8.57. The number of thioether (sulfide) groups is 1. The van der Waals surface area contributed by atoms with Gasteiger partial charge in [-0.1, -0.05) is 71.4 Å². The number of hydrogen-bond donors (Lipinski definition) is 3. The smallest absolute Gasteiger partial charge is 0.253 e. The first-order chi connectivity index (χ1) is 33.8. The van der Waals surface area contributed by atoms with Gasteiger partial charge in [0.25, 0.3) is 11.8 Å². The number of nitrogens with one attached hydrogen (secondary N) is 3. The Kier molecular flexibility index (Phi) is 26.7. The number of imide groups is 1. The molecule has 18 heteroatoms. The lowest BCUT2D eigenvalue weighted by atomic mass is 9.82. The number of nitrogens with zero attached hydrogens (tertiary/aromatic N) is 3. The molecule has 0 bridgehead atoms. The lowest BCUT2D eigenvalue weighted by Gasteiger charge is -2.42. The highest BCUT2D eigenvalue weighted by Gasteiger charge is 2.38. The van der Waals surface area contributed by atoms with E-state index in [1.165, 1.54) is 34.9 Å². The molecule has 0 aliphatic carbocycles. The molecule has 1 saturated heterocycles. The molecule has 3 N–H and O–H groups in total. The summed E-state index contributed by atoms with van der Waals surface area (Å²) in [4.78, 5) is 65.4. The van der Waals surface area contributed by atoms with Crippen LogP contribution in [-0.4, -0.2) is 127 Å². The van der Waals surface area contributed by atoms with E-state index in [4.69, 9.17) is 9.47 Å². The fourth-order valence-electron chi connectivity index (χ4n) is 7.93. The Morgan fingerprint density at radius 3 is 2.06 bits per heavy atom. The number of alkyl halides is 2. The van der Waals surface area contributed by atoms with Crippen LogP contribution in [0.5, 0.6) is 0 Å². The van der Waals surface area contributed by atoms with Crippen molar-refractivity contribution in [2.24, 2.45) is 11.3 Å². The molecule has 0 radical (unpaired) electrons. The van der Waals surface area contributed by atoms with Gasteiger partial charge in [-0.2, -0.15) is 11.8 Å². The van der Waals surface area contributed by atoms with Crippen molar-refractivity contribution in [1.82, 2.24) is 30.3 Å². The summed E-state index contributed by atoms with van der Waals surface area (Å²) in [7, 11) is 0. The first-order valence-corrected chi connectivity index (χ1v) is 25.8. The number of carbonyl (C=O) groups excluding carboxylic acids is 5. The van der Waals surface area contributed by atoms with Crippen molar-refractivity contribution in [1.29, 1.82) is 0 Å². The van der Waals surface area contributed by atoms with E-state index >= 15 is 4.39 Å². The second-order valence-electron chi connectivity index (χ2n) is 18.6. The Balaban J connectivity index is 0.00000179. The number of hydrogen-bond acceptors (Lipinski definition) is 9. The van der Waals surface area contributed by atoms with Gasteiger partial charge in [0, 0.05) is 86.5 Å². The SMILES string of the molecule is CC.CC(C)(C)C(c1cc(-c2cc(F)ccc2F)cn1Cc1ccccc1)N(CC1CCNC1)C(=O)CSCCC(=O)NCCOCCOCCNC(=O)CCCCCN1C(=O)C=CC1=O.CC(C)(F)F. The Morgan fingerprint density at radius 1 is 0.845 bits per heavy atom. The van der Waals surface area contributed by atoms with Gasteiger partial charge in [-0.25, -0.2) is 17.6 Å². The van der Waals surface area contributed by atoms with Crippen LogP contribution in [0.25, 0.3) is 11.1 Å². The van der Waals surface area contributed by atoms with E-state index < -0.39 is 29.0 Å². The number of amides is 5. The molecular formula is C53H76F4N6O7S. The quantitative estimate of drug-likeness (QED) is 0.0388. The molecular weight excluding hydrogens is 941 g/mol. The van der Waals surface area contributed by atoms with Crippen LogP contribution in [0.3, 0.4) is 0 Å². The Bertz CT molecular complexity index is 2120. The molecule has 71 heavy (non-hydrogen) atoms. The second-order valence-corrected chi connectivity index (χ2v) is 19.7. The van der Waals surface area contributed by atoms with Gasteiger partial charge in [-0.3, -0.25) is 28.9 Å². The molecule has 1 aromatic heterocycles. The van der Waals surface area contributed by atoms with Gasteiger partial charge >= 0.3 is 0 Å². The Hall–Kier alpha value is -5.04. The summed E-state index contributed by atoms with van der Waals surface area (Å²) >= 11 is 1.42. The third-order valence-corrected chi connectivity index (χ3v) is 12.1. The van der Waals surface area contributed by atoms with Crippen LogP contribution in [0.2, 0.25) is 0 Å². The second kappa shape index (κ2) is 31.4. The molecule has 2 aromatic carbocycles. The van der Waals surface area contributed by atoms with E-state index in [0.717, 1.165) is 63.2 Å². The number of rotatable bonds is 27. The highest BCUT2D eigenvalue weighted by molar-refractivity contribution is 7.99. The number of carbonyl (C=O) groups is 5. The van der Waals surface area contributed by atoms with Crippen LogP contribution < -0.4 is 16.0 Å². The summed E-state index contributed by atoms with van der Waals surface area (Å²) in [6.07, 6.45) is 7.98. The summed E-state index contributed by atoms with van der Waals surface area (Å²) in [6, 6.07) is 14.9. The van der Waals surface area contributed by atoms with Gasteiger partial charge in [-0.15, -0.1) is 0 Å². The number of aromatic nitrogens is 1. The monoisotopic (exact) mass is 1020 g/mol. The molecule has 1 fully saturated rings. The van der Waals surface area contributed by atoms with Crippen molar-refractivity contribution < 1.29 is 51.0 Å². The highest BCUT2D eigenvalue weighted by atomic mass is 32.2. The largest absolute Gasteiger partial charge is 0.377 e. The minimum absolute atomic E-state index is 0.0426. The zero-order chi connectivity index (χ0) is 52.4. The predicted molar refractivity (Wildman–Crippen MR) is 272 cm³/mol. The van der Waals surface area contributed by atoms with Gasteiger partial charge in [0.15, 0.2) is 0 Å². The summed E-state index contributed by atoms with van der Waals surface area (Å²) in [5.41, 5.74) is 2.14. The molecule has 2 unspecified atom stereocenters. The van der Waals surface area contributed by atoms with Crippen molar-refractivity contribution in [2.45, 2.75) is 106 Å². The maximum atomic E-state index is 15.2. The molecule has 5 rings (SSSR count). The maximum Gasteiger partial charge on any atom is 0.253 e. The average Bonchev–Trinajstić information content (AvgIpc) is 4.06. The average molecular weight is 1020 g/mol. The van der Waals surface area contributed by atoms with Crippen molar-refractivity contribution in [3.05, 3.63) is 95.8 Å². The molecule has 3 aromatic rings. The van der Waals surface area contributed by atoms with E-state index in [-0.39, 0.29) is 53.2 Å². The van der Waals surface area contributed by atoms with Crippen LogP contribution in [0.4, 0.5) is 17.6 Å². The van der Waals surface area contributed by atoms with Crippen LogP contribution in [0.15, 0.2) is 72.9 Å². The van der Waals surface area contributed by atoms with E-state index in [9.17, 15) is 37.1 Å². The fraction of sp³-hybridized carbons (Fsp3) is 0.566. The van der Waals surface area contributed by atoms with Gasteiger partial charge < -0.3 is 34.9 Å². The van der Waals surface area contributed by atoms with Gasteiger partial charge in [0.1, 0.15) is 11.6 Å². The van der Waals surface area contributed by atoms with E-state index in [0.29, 0.717) is 89.7 Å². The normalized spacial score (nSPS) is 14.9. The van der Waals surface area contributed by atoms with E-state index in [2.05, 4.69) is 41.3 Å². The van der Waals surface area contributed by atoms with Gasteiger partial charge in [0.2, 0.25) is 23.6 Å². The van der Waals surface area contributed by atoms with Gasteiger partial charge in [0.05, 0.1) is 38.2 Å².